The van der Waals surface area contributed by atoms with Gasteiger partial charge in [0.05, 0.1) is 0 Å². The molecular formula is C11H14. The molecule has 1 aromatic rings. The number of allylic oxidation sites excluding steroid dienone is 2. The highest BCUT2D eigenvalue weighted by molar-refractivity contribution is 5.22. The Hall–Kier alpha value is -1.04. The lowest BCUT2D eigenvalue weighted by Gasteiger charge is -1.95. The quantitative estimate of drug-likeness (QED) is 0.562. The predicted molar refractivity (Wildman–Crippen MR) is 49.7 cm³/mol. The van der Waals surface area contributed by atoms with Gasteiger partial charge in [-0.15, -0.1) is 0 Å². The molecule has 11 heavy (non-hydrogen) atoms. The molecular weight excluding hydrogens is 132 g/mol. The highest BCUT2D eigenvalue weighted by Crippen LogP contribution is 2.03. The maximum absolute atomic E-state index is 2.18. The van der Waals surface area contributed by atoms with Crippen molar-refractivity contribution >= 4 is 0 Å². The van der Waals surface area contributed by atoms with E-state index in [0.29, 0.717) is 0 Å². The minimum absolute atomic E-state index is 1.05. The summed E-state index contributed by atoms with van der Waals surface area (Å²) in [7, 11) is 0. The summed E-state index contributed by atoms with van der Waals surface area (Å²) in [6.45, 7) is 4.16. The van der Waals surface area contributed by atoms with Crippen molar-refractivity contribution in [1.82, 2.24) is 0 Å². The number of benzene rings is 1. The second kappa shape index (κ2) is 3.97. The van der Waals surface area contributed by atoms with E-state index in [1.54, 1.807) is 0 Å². The van der Waals surface area contributed by atoms with E-state index in [4.69, 9.17) is 0 Å². The van der Waals surface area contributed by atoms with E-state index in [-0.39, 0.29) is 0 Å². The molecule has 1 rings (SSSR count). The van der Waals surface area contributed by atoms with Gasteiger partial charge in [-0.1, -0.05) is 42.0 Å². The molecule has 0 bridgehead atoms. The van der Waals surface area contributed by atoms with Crippen LogP contribution in [-0.2, 0) is 6.42 Å². The fraction of sp³-hybridized carbons (Fsp3) is 0.273. The van der Waals surface area contributed by atoms with Crippen LogP contribution in [0.15, 0.2) is 36.4 Å². The average Bonchev–Trinajstić information content (AvgIpc) is 2.04. The first-order chi connectivity index (χ1) is 5.33. The summed E-state index contributed by atoms with van der Waals surface area (Å²) in [5.41, 5.74) is 2.71. The molecule has 0 spiro atoms. The molecule has 0 saturated carbocycles. The highest BCUT2D eigenvalue weighted by Gasteiger charge is 1.86. The van der Waals surface area contributed by atoms with Gasteiger partial charge >= 0.3 is 0 Å². The van der Waals surface area contributed by atoms with Gasteiger partial charge in [-0.05, 0) is 25.8 Å². The second-order valence-electron chi connectivity index (χ2n) is 2.76. The van der Waals surface area contributed by atoms with Gasteiger partial charge in [0, 0.05) is 0 Å². The minimum Gasteiger partial charge on any atom is -0.0913 e. The molecule has 0 heteroatoms. The van der Waals surface area contributed by atoms with Gasteiger partial charge in [0.1, 0.15) is 0 Å². The molecule has 0 aliphatic carbocycles. The molecule has 0 saturated heterocycles. The van der Waals surface area contributed by atoms with Crippen molar-refractivity contribution in [3.63, 3.8) is 0 Å². The molecule has 0 aromatic heterocycles. The number of hydrogen-bond donors (Lipinski definition) is 0. The first kappa shape index (κ1) is 8.06. The zero-order valence-corrected chi connectivity index (χ0v) is 7.17. The van der Waals surface area contributed by atoms with Gasteiger partial charge in [-0.2, -0.15) is 0 Å². The number of hydrogen-bond acceptors (Lipinski definition) is 0. The lowest BCUT2D eigenvalue weighted by Crippen LogP contribution is -1.79. The summed E-state index contributed by atoms with van der Waals surface area (Å²) >= 11 is 0. The normalized spacial score (nSPS) is 10.7. The topological polar surface area (TPSA) is 0 Å². The Labute approximate surface area is 68.6 Å². The maximum Gasteiger partial charge on any atom is -0.00976 e. The van der Waals surface area contributed by atoms with Crippen LogP contribution in [0.3, 0.4) is 0 Å². The van der Waals surface area contributed by atoms with Crippen LogP contribution in [0.1, 0.15) is 18.1 Å². The third kappa shape index (κ3) is 2.58. The van der Waals surface area contributed by atoms with Gasteiger partial charge < -0.3 is 0 Å². The molecule has 0 nitrogen and oxygen atoms in total. The largest absolute Gasteiger partial charge is 0.0913 e. The van der Waals surface area contributed by atoms with Crippen LogP contribution >= 0.6 is 0 Å². The van der Waals surface area contributed by atoms with Crippen molar-refractivity contribution in [2.45, 2.75) is 20.3 Å². The van der Waals surface area contributed by atoms with Gasteiger partial charge in [0.2, 0.25) is 0 Å². The Kier molecular flexibility index (Phi) is 2.91. The van der Waals surface area contributed by atoms with E-state index in [1.165, 1.54) is 11.1 Å². The fourth-order valence-corrected chi connectivity index (χ4v) is 0.978. The van der Waals surface area contributed by atoms with Gasteiger partial charge in [0.25, 0.3) is 0 Å². The second-order valence-corrected chi connectivity index (χ2v) is 2.76. The SMILES string of the molecule is CC=CCc1ccc(C)cc1. The van der Waals surface area contributed by atoms with Crippen LogP contribution in [0.4, 0.5) is 0 Å². The summed E-state index contributed by atoms with van der Waals surface area (Å²) in [5, 5.41) is 0. The summed E-state index contributed by atoms with van der Waals surface area (Å²) in [6.07, 6.45) is 5.31. The molecule has 58 valence electrons. The van der Waals surface area contributed by atoms with Crippen molar-refractivity contribution in [1.29, 1.82) is 0 Å². The van der Waals surface area contributed by atoms with Crippen molar-refractivity contribution in [3.05, 3.63) is 47.5 Å². The van der Waals surface area contributed by atoms with E-state index in [2.05, 4.69) is 43.3 Å². The van der Waals surface area contributed by atoms with E-state index in [0.717, 1.165) is 6.42 Å². The molecule has 0 fully saturated rings. The van der Waals surface area contributed by atoms with Crippen LogP contribution in [0, 0.1) is 6.92 Å². The molecule has 1 aromatic carbocycles. The highest BCUT2D eigenvalue weighted by atomic mass is 13.9. The van der Waals surface area contributed by atoms with Crippen molar-refractivity contribution in [2.24, 2.45) is 0 Å². The zero-order chi connectivity index (χ0) is 8.10. The Bertz CT molecular complexity index is 229. The Morgan fingerprint density at radius 3 is 2.36 bits per heavy atom. The Balaban J connectivity index is 2.66. The van der Waals surface area contributed by atoms with Crippen LogP contribution in [0.2, 0.25) is 0 Å². The number of aryl methyl sites for hydroxylation is 1. The molecule has 0 aliphatic rings. The van der Waals surface area contributed by atoms with Crippen LogP contribution in [0.25, 0.3) is 0 Å². The Morgan fingerprint density at radius 2 is 1.82 bits per heavy atom. The van der Waals surface area contributed by atoms with E-state index in [9.17, 15) is 0 Å². The summed E-state index contributed by atoms with van der Waals surface area (Å²) in [5.74, 6) is 0. The van der Waals surface area contributed by atoms with Gasteiger partial charge in [-0.25, -0.2) is 0 Å². The smallest absolute Gasteiger partial charge is 0.00976 e. The zero-order valence-electron chi connectivity index (χ0n) is 7.17. The fourth-order valence-electron chi connectivity index (χ4n) is 0.978. The van der Waals surface area contributed by atoms with E-state index < -0.39 is 0 Å². The first-order valence-corrected chi connectivity index (χ1v) is 3.99. The molecule has 0 unspecified atom stereocenters. The predicted octanol–water partition coefficient (Wildman–Crippen LogP) is 3.11. The maximum atomic E-state index is 2.18. The molecule has 0 atom stereocenters. The summed E-state index contributed by atoms with van der Waals surface area (Å²) in [4.78, 5) is 0. The van der Waals surface area contributed by atoms with Crippen LogP contribution < -0.4 is 0 Å². The van der Waals surface area contributed by atoms with Gasteiger partial charge in [0.15, 0.2) is 0 Å². The lowest BCUT2D eigenvalue weighted by molar-refractivity contribution is 1.25. The lowest BCUT2D eigenvalue weighted by atomic mass is 10.1. The summed E-state index contributed by atoms with van der Waals surface area (Å²) in [6, 6.07) is 8.66. The Morgan fingerprint density at radius 1 is 1.18 bits per heavy atom. The minimum atomic E-state index is 1.05. The molecule has 0 radical (unpaired) electrons. The molecule has 0 heterocycles. The van der Waals surface area contributed by atoms with Crippen molar-refractivity contribution in [3.8, 4) is 0 Å². The first-order valence-electron chi connectivity index (χ1n) is 3.99. The monoisotopic (exact) mass is 146 g/mol. The van der Waals surface area contributed by atoms with Crippen LogP contribution in [0.5, 0.6) is 0 Å². The van der Waals surface area contributed by atoms with Crippen LogP contribution in [-0.4, -0.2) is 0 Å². The van der Waals surface area contributed by atoms with Gasteiger partial charge in [-0.3, -0.25) is 0 Å². The third-order valence-corrected chi connectivity index (χ3v) is 1.71. The molecule has 0 amide bonds. The summed E-state index contributed by atoms with van der Waals surface area (Å²) < 4.78 is 0. The molecule has 0 N–H and O–H groups in total. The average molecular weight is 146 g/mol. The third-order valence-electron chi connectivity index (χ3n) is 1.71. The molecule has 0 aliphatic heterocycles. The van der Waals surface area contributed by atoms with E-state index >= 15 is 0 Å². The standard InChI is InChI=1S/C11H14/c1-3-4-5-11-8-6-10(2)7-9-11/h3-4,6-9H,5H2,1-2H3. The van der Waals surface area contributed by atoms with Crippen molar-refractivity contribution in [2.75, 3.05) is 0 Å². The number of rotatable bonds is 2. The van der Waals surface area contributed by atoms with Crippen molar-refractivity contribution < 1.29 is 0 Å². The van der Waals surface area contributed by atoms with E-state index in [1.807, 2.05) is 6.92 Å².